The summed E-state index contributed by atoms with van der Waals surface area (Å²) in [5, 5.41) is 0. The molecule has 3 heterocycles. The zero-order chi connectivity index (χ0) is 18.1. The Labute approximate surface area is 151 Å². The molecule has 0 atom stereocenters. The van der Waals surface area contributed by atoms with Gasteiger partial charge in [0.25, 0.3) is 5.78 Å². The maximum atomic E-state index is 12.4. The molecule has 134 valence electrons. The number of Topliss-reactive ketones (excluding diaryl/α,β-unsaturated/α-hetero) is 1. The van der Waals surface area contributed by atoms with Gasteiger partial charge in [0.05, 0.1) is 25.0 Å². The Morgan fingerprint density at radius 3 is 2.50 bits per heavy atom. The number of carbonyl (C=O) groups excluding carboxylic acids is 2. The van der Waals surface area contributed by atoms with E-state index in [1.165, 1.54) is 4.90 Å². The lowest BCUT2D eigenvalue weighted by Gasteiger charge is -2.36. The Morgan fingerprint density at radius 1 is 1.08 bits per heavy atom. The minimum absolute atomic E-state index is 0.383. The van der Waals surface area contributed by atoms with Crippen LogP contribution in [0, 0.1) is 0 Å². The Bertz CT molecular complexity index is 834. The lowest BCUT2D eigenvalue weighted by Crippen LogP contribution is -2.51. The van der Waals surface area contributed by atoms with Crippen molar-refractivity contribution in [2.45, 2.75) is 0 Å². The number of ether oxygens (including phenoxy) is 1. The number of ketones is 1. The predicted octanol–water partition coefficient (Wildman–Crippen LogP) is 0.794. The number of fused-ring (bicyclic) bond motifs is 1. The molecule has 0 saturated carbocycles. The molecular formula is C18H19N5O3. The standard InChI is InChI=1S/C18H19N5O3/c1-26-13-3-4-14-15(11-13)23(17(25)16(14)24)12-21-7-9-22(10-8-21)18-19-5-2-6-20-18/h2-6,11H,7-10,12H2,1H3. The van der Waals surface area contributed by atoms with Crippen molar-refractivity contribution < 1.29 is 14.3 Å². The summed E-state index contributed by atoms with van der Waals surface area (Å²) in [5.74, 6) is 0.401. The smallest absolute Gasteiger partial charge is 0.300 e. The van der Waals surface area contributed by atoms with E-state index in [0.717, 1.165) is 32.1 Å². The maximum Gasteiger partial charge on any atom is 0.300 e. The average Bonchev–Trinajstić information content (AvgIpc) is 2.93. The van der Waals surface area contributed by atoms with E-state index in [1.807, 2.05) is 0 Å². The van der Waals surface area contributed by atoms with E-state index in [4.69, 9.17) is 4.74 Å². The molecule has 8 nitrogen and oxygen atoms in total. The fraction of sp³-hybridized carbons (Fsp3) is 0.333. The summed E-state index contributed by atoms with van der Waals surface area (Å²) >= 11 is 0. The minimum atomic E-state index is -0.484. The number of piperazine rings is 1. The maximum absolute atomic E-state index is 12.4. The van der Waals surface area contributed by atoms with E-state index in [-0.39, 0.29) is 0 Å². The molecule has 1 fully saturated rings. The summed E-state index contributed by atoms with van der Waals surface area (Å²) in [6, 6.07) is 6.89. The number of aromatic nitrogens is 2. The molecule has 2 aromatic rings. The molecule has 1 amide bonds. The Hall–Kier alpha value is -3.00. The number of hydrogen-bond donors (Lipinski definition) is 0. The lowest BCUT2D eigenvalue weighted by atomic mass is 10.1. The van der Waals surface area contributed by atoms with Crippen molar-refractivity contribution in [3.05, 3.63) is 42.2 Å². The van der Waals surface area contributed by atoms with Gasteiger partial charge in [-0.05, 0) is 18.2 Å². The molecule has 8 heteroatoms. The first-order chi connectivity index (χ1) is 12.7. The van der Waals surface area contributed by atoms with Crippen molar-refractivity contribution in [3.8, 4) is 5.75 Å². The average molecular weight is 353 g/mol. The number of benzene rings is 1. The highest BCUT2D eigenvalue weighted by Crippen LogP contribution is 2.32. The van der Waals surface area contributed by atoms with Crippen LogP contribution in [0.5, 0.6) is 5.75 Å². The van der Waals surface area contributed by atoms with Crippen molar-refractivity contribution in [3.63, 3.8) is 0 Å². The summed E-state index contributed by atoms with van der Waals surface area (Å²) in [6.07, 6.45) is 3.46. The van der Waals surface area contributed by atoms with Crippen LogP contribution < -0.4 is 14.5 Å². The Balaban J connectivity index is 1.46. The number of hydrogen-bond acceptors (Lipinski definition) is 7. The highest BCUT2D eigenvalue weighted by Gasteiger charge is 2.37. The number of amides is 1. The molecule has 1 aromatic carbocycles. The molecule has 0 aliphatic carbocycles. The number of rotatable bonds is 4. The second-order valence-electron chi connectivity index (χ2n) is 6.24. The molecule has 1 aromatic heterocycles. The van der Waals surface area contributed by atoms with Crippen molar-refractivity contribution in [1.29, 1.82) is 0 Å². The molecule has 0 bridgehead atoms. The quantitative estimate of drug-likeness (QED) is 0.752. The monoisotopic (exact) mass is 353 g/mol. The van der Waals surface area contributed by atoms with Crippen molar-refractivity contribution in [1.82, 2.24) is 14.9 Å². The van der Waals surface area contributed by atoms with Crippen molar-refractivity contribution in [2.75, 3.05) is 49.8 Å². The van der Waals surface area contributed by atoms with Crippen molar-refractivity contribution in [2.24, 2.45) is 0 Å². The third kappa shape index (κ3) is 2.88. The van der Waals surface area contributed by atoms with Crippen LogP contribution in [0.1, 0.15) is 10.4 Å². The highest BCUT2D eigenvalue weighted by molar-refractivity contribution is 6.52. The summed E-state index contributed by atoms with van der Waals surface area (Å²) in [6.45, 7) is 3.44. The van der Waals surface area contributed by atoms with Gasteiger partial charge in [0.2, 0.25) is 5.95 Å². The van der Waals surface area contributed by atoms with Gasteiger partial charge in [-0.1, -0.05) is 0 Å². The van der Waals surface area contributed by atoms with E-state index < -0.39 is 11.7 Å². The normalized spacial score (nSPS) is 17.6. The van der Waals surface area contributed by atoms with E-state index in [2.05, 4.69) is 19.8 Å². The second-order valence-corrected chi connectivity index (χ2v) is 6.24. The van der Waals surface area contributed by atoms with Gasteiger partial charge >= 0.3 is 5.91 Å². The van der Waals surface area contributed by atoms with Gasteiger partial charge in [-0.3, -0.25) is 19.4 Å². The first-order valence-corrected chi connectivity index (χ1v) is 8.46. The molecule has 0 radical (unpaired) electrons. The van der Waals surface area contributed by atoms with Gasteiger partial charge in [-0.15, -0.1) is 0 Å². The summed E-state index contributed by atoms with van der Waals surface area (Å²) in [4.78, 5) is 39.0. The van der Waals surface area contributed by atoms with Crippen molar-refractivity contribution >= 4 is 23.3 Å². The summed E-state index contributed by atoms with van der Waals surface area (Å²) in [5.41, 5.74) is 1.06. The zero-order valence-electron chi connectivity index (χ0n) is 14.5. The fourth-order valence-corrected chi connectivity index (χ4v) is 3.29. The SMILES string of the molecule is COc1ccc2c(c1)N(CN1CCN(c3ncccn3)CC1)C(=O)C2=O. The predicted molar refractivity (Wildman–Crippen MR) is 95.5 cm³/mol. The summed E-state index contributed by atoms with van der Waals surface area (Å²) in [7, 11) is 1.57. The Morgan fingerprint density at radius 2 is 1.81 bits per heavy atom. The Kier molecular flexibility index (Phi) is 4.26. The van der Waals surface area contributed by atoms with Crippen LogP contribution in [0.4, 0.5) is 11.6 Å². The topological polar surface area (TPSA) is 78.9 Å². The number of methoxy groups -OCH3 is 1. The van der Waals surface area contributed by atoms with Crippen LogP contribution in [0.2, 0.25) is 0 Å². The number of carbonyl (C=O) groups is 2. The molecule has 0 unspecified atom stereocenters. The van der Waals surface area contributed by atoms with Crippen LogP contribution in [-0.2, 0) is 4.79 Å². The molecule has 0 N–H and O–H groups in total. The van der Waals surface area contributed by atoms with Crippen LogP contribution in [-0.4, -0.2) is 66.5 Å². The van der Waals surface area contributed by atoms with E-state index in [0.29, 0.717) is 23.7 Å². The van der Waals surface area contributed by atoms with Gasteiger partial charge < -0.3 is 9.64 Å². The van der Waals surface area contributed by atoms with Crippen LogP contribution >= 0.6 is 0 Å². The van der Waals surface area contributed by atoms with Gasteiger partial charge in [0.1, 0.15) is 5.75 Å². The molecule has 2 aliphatic rings. The van der Waals surface area contributed by atoms with Gasteiger partial charge in [0.15, 0.2) is 0 Å². The van der Waals surface area contributed by atoms with Crippen LogP contribution in [0.15, 0.2) is 36.7 Å². The first kappa shape index (κ1) is 16.5. The van der Waals surface area contributed by atoms with E-state index >= 15 is 0 Å². The fourth-order valence-electron chi connectivity index (χ4n) is 3.29. The van der Waals surface area contributed by atoms with E-state index in [1.54, 1.807) is 43.8 Å². The highest BCUT2D eigenvalue weighted by atomic mass is 16.5. The summed E-state index contributed by atoms with van der Waals surface area (Å²) < 4.78 is 5.23. The van der Waals surface area contributed by atoms with Crippen LogP contribution in [0.3, 0.4) is 0 Å². The van der Waals surface area contributed by atoms with E-state index in [9.17, 15) is 9.59 Å². The molecule has 2 aliphatic heterocycles. The zero-order valence-corrected chi connectivity index (χ0v) is 14.5. The molecule has 4 rings (SSSR count). The third-order valence-corrected chi connectivity index (χ3v) is 4.73. The lowest BCUT2D eigenvalue weighted by molar-refractivity contribution is -0.114. The van der Waals surface area contributed by atoms with Gasteiger partial charge in [-0.2, -0.15) is 0 Å². The van der Waals surface area contributed by atoms with Gasteiger partial charge in [0, 0.05) is 44.6 Å². The largest absolute Gasteiger partial charge is 0.497 e. The van der Waals surface area contributed by atoms with Gasteiger partial charge in [-0.25, -0.2) is 9.97 Å². The van der Waals surface area contributed by atoms with Crippen LogP contribution in [0.25, 0.3) is 0 Å². The molecule has 1 saturated heterocycles. The molecular weight excluding hydrogens is 334 g/mol. The molecule has 0 spiro atoms. The number of nitrogens with zero attached hydrogens (tertiary/aromatic N) is 5. The molecule has 26 heavy (non-hydrogen) atoms. The number of anilines is 2. The second kappa shape index (κ2) is 6.72. The third-order valence-electron chi connectivity index (χ3n) is 4.73. The first-order valence-electron chi connectivity index (χ1n) is 8.46. The minimum Gasteiger partial charge on any atom is -0.497 e.